The molecule has 3 heteroatoms. The lowest BCUT2D eigenvalue weighted by Crippen LogP contribution is -2.11. The van der Waals surface area contributed by atoms with E-state index in [-0.39, 0.29) is 0 Å². The summed E-state index contributed by atoms with van der Waals surface area (Å²) in [7, 11) is 1.99. The van der Waals surface area contributed by atoms with Crippen molar-refractivity contribution in [2.75, 3.05) is 13.6 Å². The molecule has 20 heavy (non-hydrogen) atoms. The fourth-order valence-corrected chi connectivity index (χ4v) is 2.55. The molecule has 0 spiro atoms. The Hall–Kier alpha value is -1.61. The lowest BCUT2D eigenvalue weighted by Gasteiger charge is -2.07. The van der Waals surface area contributed by atoms with Gasteiger partial charge in [-0.25, -0.2) is 0 Å². The van der Waals surface area contributed by atoms with Crippen LogP contribution in [0.1, 0.15) is 35.0 Å². The van der Waals surface area contributed by atoms with Crippen molar-refractivity contribution in [3.05, 3.63) is 52.3 Å². The van der Waals surface area contributed by atoms with Gasteiger partial charge >= 0.3 is 0 Å². The van der Waals surface area contributed by atoms with Crippen LogP contribution >= 0.6 is 0 Å². The summed E-state index contributed by atoms with van der Waals surface area (Å²) in [6, 6.07) is 8.84. The maximum Gasteiger partial charge on any atom is 0.0662 e. The molecule has 108 valence electrons. The summed E-state index contributed by atoms with van der Waals surface area (Å²) in [5.41, 5.74) is 6.52. The smallest absolute Gasteiger partial charge is 0.0662 e. The first kappa shape index (κ1) is 14.8. The molecule has 0 bridgehead atoms. The Balaban J connectivity index is 2.16. The van der Waals surface area contributed by atoms with Crippen molar-refractivity contribution in [3.8, 4) is 0 Å². The normalized spacial score (nSPS) is 11.0. The van der Waals surface area contributed by atoms with Crippen LogP contribution < -0.4 is 5.32 Å². The highest BCUT2D eigenvalue weighted by atomic mass is 15.3. The van der Waals surface area contributed by atoms with E-state index in [1.165, 1.54) is 22.4 Å². The van der Waals surface area contributed by atoms with Gasteiger partial charge in [-0.3, -0.25) is 4.68 Å². The highest BCUT2D eigenvalue weighted by molar-refractivity contribution is 5.27. The van der Waals surface area contributed by atoms with Gasteiger partial charge in [-0.2, -0.15) is 5.10 Å². The molecular weight excluding hydrogens is 246 g/mol. The summed E-state index contributed by atoms with van der Waals surface area (Å²) < 4.78 is 2.13. The van der Waals surface area contributed by atoms with Crippen molar-refractivity contribution in [1.82, 2.24) is 15.1 Å². The number of nitrogens with one attached hydrogen (secondary N) is 1. The summed E-state index contributed by atoms with van der Waals surface area (Å²) in [6.45, 7) is 8.32. The van der Waals surface area contributed by atoms with E-state index >= 15 is 0 Å². The van der Waals surface area contributed by atoms with Crippen LogP contribution in [-0.4, -0.2) is 23.4 Å². The predicted molar refractivity (Wildman–Crippen MR) is 84.3 cm³/mol. The summed E-state index contributed by atoms with van der Waals surface area (Å²) >= 11 is 0. The van der Waals surface area contributed by atoms with E-state index in [9.17, 15) is 0 Å². The van der Waals surface area contributed by atoms with Crippen LogP contribution in [-0.2, 0) is 19.4 Å². The van der Waals surface area contributed by atoms with Gasteiger partial charge in [0.25, 0.3) is 0 Å². The molecule has 0 saturated carbocycles. The van der Waals surface area contributed by atoms with Crippen LogP contribution in [0.15, 0.2) is 24.3 Å². The fraction of sp³-hybridized carbons (Fsp3) is 0.471. The minimum Gasteiger partial charge on any atom is -0.319 e. The van der Waals surface area contributed by atoms with Gasteiger partial charge in [-0.05, 0) is 57.0 Å². The Bertz CT molecular complexity index is 552. The maximum absolute atomic E-state index is 4.69. The summed E-state index contributed by atoms with van der Waals surface area (Å²) in [5, 5.41) is 7.90. The van der Waals surface area contributed by atoms with Crippen molar-refractivity contribution in [1.29, 1.82) is 0 Å². The van der Waals surface area contributed by atoms with Crippen LogP contribution in [0.25, 0.3) is 0 Å². The number of nitrogens with zero attached hydrogens (tertiary/aromatic N) is 2. The van der Waals surface area contributed by atoms with Gasteiger partial charge in [0.2, 0.25) is 0 Å². The molecule has 0 radical (unpaired) electrons. The Morgan fingerprint density at radius 2 is 1.75 bits per heavy atom. The lowest BCUT2D eigenvalue weighted by atomic mass is 10.1. The summed E-state index contributed by atoms with van der Waals surface area (Å²) in [4.78, 5) is 0. The first-order valence-corrected chi connectivity index (χ1v) is 7.41. The van der Waals surface area contributed by atoms with E-state index < -0.39 is 0 Å². The molecule has 3 nitrogen and oxygen atoms in total. The monoisotopic (exact) mass is 271 g/mol. The van der Waals surface area contributed by atoms with E-state index in [1.54, 1.807) is 0 Å². The Morgan fingerprint density at radius 1 is 1.10 bits per heavy atom. The SMILES string of the molecule is CCc1ccc(Cn2nc(C)c(CCNC)c2C)cc1. The molecule has 1 N–H and O–H groups in total. The second-order valence-corrected chi connectivity index (χ2v) is 5.33. The molecule has 0 atom stereocenters. The zero-order chi connectivity index (χ0) is 14.5. The Morgan fingerprint density at radius 3 is 2.35 bits per heavy atom. The quantitative estimate of drug-likeness (QED) is 0.875. The highest BCUT2D eigenvalue weighted by Crippen LogP contribution is 2.15. The molecular formula is C17H25N3. The topological polar surface area (TPSA) is 29.9 Å². The van der Waals surface area contributed by atoms with Gasteiger partial charge in [0, 0.05) is 5.69 Å². The van der Waals surface area contributed by atoms with Gasteiger partial charge < -0.3 is 5.32 Å². The van der Waals surface area contributed by atoms with Gasteiger partial charge in [-0.15, -0.1) is 0 Å². The Kier molecular flexibility index (Phi) is 4.96. The fourth-order valence-electron chi connectivity index (χ4n) is 2.55. The number of aryl methyl sites for hydroxylation is 2. The molecule has 0 unspecified atom stereocenters. The third-order valence-corrected chi connectivity index (χ3v) is 3.92. The van der Waals surface area contributed by atoms with Crippen LogP contribution in [0, 0.1) is 13.8 Å². The number of likely N-dealkylation sites (N-methyl/N-ethyl adjacent to an activating group) is 1. The van der Waals surface area contributed by atoms with Crippen LogP contribution in [0.4, 0.5) is 0 Å². The average Bonchev–Trinajstić information content (AvgIpc) is 2.72. The highest BCUT2D eigenvalue weighted by Gasteiger charge is 2.11. The zero-order valence-electron chi connectivity index (χ0n) is 13.0. The van der Waals surface area contributed by atoms with Crippen molar-refractivity contribution >= 4 is 0 Å². The molecule has 2 aromatic rings. The molecule has 0 saturated heterocycles. The van der Waals surface area contributed by atoms with E-state index in [4.69, 9.17) is 0 Å². The van der Waals surface area contributed by atoms with Crippen molar-refractivity contribution < 1.29 is 0 Å². The first-order chi connectivity index (χ1) is 9.65. The van der Waals surface area contributed by atoms with E-state index in [0.29, 0.717) is 0 Å². The number of hydrogen-bond acceptors (Lipinski definition) is 2. The average molecular weight is 271 g/mol. The van der Waals surface area contributed by atoms with Gasteiger partial charge in [-0.1, -0.05) is 31.2 Å². The number of aromatic nitrogens is 2. The molecule has 0 aliphatic carbocycles. The lowest BCUT2D eigenvalue weighted by molar-refractivity contribution is 0.657. The third kappa shape index (κ3) is 3.28. The molecule has 1 heterocycles. The maximum atomic E-state index is 4.69. The molecule has 2 rings (SSSR count). The molecule has 0 aliphatic heterocycles. The van der Waals surface area contributed by atoms with Crippen molar-refractivity contribution in [2.45, 2.75) is 40.2 Å². The van der Waals surface area contributed by atoms with Gasteiger partial charge in [0.05, 0.1) is 12.2 Å². The molecule has 1 aromatic heterocycles. The zero-order valence-corrected chi connectivity index (χ0v) is 13.0. The van der Waals surface area contributed by atoms with Crippen LogP contribution in [0.3, 0.4) is 0 Å². The minimum atomic E-state index is 0.857. The standard InChI is InChI=1S/C17H25N3/c1-5-15-6-8-16(9-7-15)12-20-14(3)17(10-11-18-4)13(2)19-20/h6-9,18H,5,10-12H2,1-4H3. The Labute approximate surface area is 122 Å². The first-order valence-electron chi connectivity index (χ1n) is 7.41. The van der Waals surface area contributed by atoms with Crippen LogP contribution in [0.5, 0.6) is 0 Å². The number of rotatable bonds is 6. The summed E-state index contributed by atoms with van der Waals surface area (Å²) in [6.07, 6.45) is 2.14. The second-order valence-electron chi connectivity index (χ2n) is 5.33. The second kappa shape index (κ2) is 6.71. The van der Waals surface area contributed by atoms with Gasteiger partial charge in [0.15, 0.2) is 0 Å². The molecule has 0 fully saturated rings. The van der Waals surface area contributed by atoms with E-state index in [1.807, 2.05) is 7.05 Å². The van der Waals surface area contributed by atoms with Crippen molar-refractivity contribution in [3.63, 3.8) is 0 Å². The van der Waals surface area contributed by atoms with Gasteiger partial charge in [0.1, 0.15) is 0 Å². The van der Waals surface area contributed by atoms with E-state index in [2.05, 4.69) is 60.1 Å². The van der Waals surface area contributed by atoms with E-state index in [0.717, 1.165) is 31.6 Å². The minimum absolute atomic E-state index is 0.857. The largest absolute Gasteiger partial charge is 0.319 e. The predicted octanol–water partition coefficient (Wildman–Crippen LogP) is 2.87. The third-order valence-electron chi connectivity index (χ3n) is 3.92. The number of hydrogen-bond donors (Lipinski definition) is 1. The number of benzene rings is 1. The molecule has 1 aromatic carbocycles. The summed E-state index contributed by atoms with van der Waals surface area (Å²) in [5.74, 6) is 0. The van der Waals surface area contributed by atoms with Crippen molar-refractivity contribution in [2.24, 2.45) is 0 Å². The van der Waals surface area contributed by atoms with Crippen LogP contribution in [0.2, 0.25) is 0 Å². The molecule has 0 amide bonds. The molecule has 0 aliphatic rings.